The van der Waals surface area contributed by atoms with Crippen LogP contribution in [-0.2, 0) is 16.1 Å². The summed E-state index contributed by atoms with van der Waals surface area (Å²) in [4.78, 5) is 20.9. The van der Waals surface area contributed by atoms with Crippen molar-refractivity contribution in [2.45, 2.75) is 37.8 Å². The number of hydrogen-bond acceptors (Lipinski definition) is 4. The predicted octanol–water partition coefficient (Wildman–Crippen LogP) is 4.87. The molecule has 0 saturated carbocycles. The molecule has 3 heterocycles. The van der Waals surface area contributed by atoms with Gasteiger partial charge in [-0.3, -0.25) is 9.69 Å². The van der Waals surface area contributed by atoms with Crippen LogP contribution in [0.4, 0.5) is 0 Å². The number of nitrogens with one attached hydrogen (secondary N) is 1. The van der Waals surface area contributed by atoms with Crippen LogP contribution in [0.25, 0.3) is 10.9 Å². The Kier molecular flexibility index (Phi) is 7.09. The standard InChI is InChI=1S/C27H32ClN3O3/c28-23-5-7-24(8-6-23)33-20-27(17-26(32)31-12-2-1-3-13-31)19-30(14-15-34-27)18-21-4-9-25-22(16-21)10-11-29-25/h4-11,16,29H,1-3,12-15,17-20H2/t27-/m0/s1. The van der Waals surface area contributed by atoms with E-state index in [1.807, 2.05) is 35.4 Å². The highest BCUT2D eigenvalue weighted by Gasteiger charge is 2.41. The first-order chi connectivity index (χ1) is 16.6. The fraction of sp³-hybridized carbons (Fsp3) is 0.444. The summed E-state index contributed by atoms with van der Waals surface area (Å²) >= 11 is 6.03. The van der Waals surface area contributed by atoms with E-state index in [4.69, 9.17) is 21.1 Å². The molecule has 2 fully saturated rings. The number of ether oxygens (including phenoxy) is 2. The molecule has 0 spiro atoms. The second-order valence-electron chi connectivity index (χ2n) is 9.50. The van der Waals surface area contributed by atoms with E-state index >= 15 is 0 Å². The van der Waals surface area contributed by atoms with E-state index in [9.17, 15) is 4.79 Å². The minimum atomic E-state index is -0.690. The Morgan fingerprint density at radius 1 is 1.06 bits per heavy atom. The smallest absolute Gasteiger partial charge is 0.225 e. The maximum atomic E-state index is 13.3. The molecule has 5 rings (SSSR count). The summed E-state index contributed by atoms with van der Waals surface area (Å²) in [5.41, 5.74) is 1.71. The van der Waals surface area contributed by atoms with Gasteiger partial charge in [0.05, 0.1) is 13.0 Å². The number of H-pyrrole nitrogens is 1. The van der Waals surface area contributed by atoms with Crippen molar-refractivity contribution in [2.24, 2.45) is 0 Å². The van der Waals surface area contributed by atoms with E-state index in [1.165, 1.54) is 17.4 Å². The van der Waals surface area contributed by atoms with E-state index in [0.717, 1.165) is 50.3 Å². The Labute approximate surface area is 205 Å². The third-order valence-electron chi connectivity index (χ3n) is 6.85. The number of benzene rings is 2. The number of piperidine rings is 1. The van der Waals surface area contributed by atoms with Gasteiger partial charge >= 0.3 is 0 Å². The zero-order valence-electron chi connectivity index (χ0n) is 19.5. The minimum absolute atomic E-state index is 0.162. The van der Waals surface area contributed by atoms with Crippen LogP contribution in [0.1, 0.15) is 31.2 Å². The van der Waals surface area contributed by atoms with Gasteiger partial charge in [0.15, 0.2) is 0 Å². The number of carbonyl (C=O) groups excluding carboxylic acids is 1. The molecule has 2 saturated heterocycles. The molecule has 0 bridgehead atoms. The van der Waals surface area contributed by atoms with Gasteiger partial charge in [0.25, 0.3) is 0 Å². The molecule has 3 aromatic rings. The lowest BCUT2D eigenvalue weighted by Gasteiger charge is -2.43. The summed E-state index contributed by atoms with van der Waals surface area (Å²) in [6.07, 6.45) is 5.65. The van der Waals surface area contributed by atoms with Crippen LogP contribution in [0.2, 0.25) is 5.02 Å². The second kappa shape index (κ2) is 10.4. The number of rotatable bonds is 7. The number of fused-ring (bicyclic) bond motifs is 1. The molecule has 6 nitrogen and oxygen atoms in total. The van der Waals surface area contributed by atoms with Gasteiger partial charge in [-0.15, -0.1) is 0 Å². The first-order valence-electron chi connectivity index (χ1n) is 12.2. The van der Waals surface area contributed by atoms with Crippen molar-refractivity contribution < 1.29 is 14.3 Å². The Balaban J connectivity index is 1.32. The zero-order chi connectivity index (χ0) is 23.4. The molecule has 1 aromatic heterocycles. The van der Waals surface area contributed by atoms with Gasteiger partial charge in [0.2, 0.25) is 5.91 Å². The lowest BCUT2D eigenvalue weighted by atomic mass is 9.95. The third kappa shape index (κ3) is 5.57. The van der Waals surface area contributed by atoms with E-state index in [2.05, 4.69) is 34.1 Å². The molecule has 2 aliphatic heterocycles. The molecule has 34 heavy (non-hydrogen) atoms. The average Bonchev–Trinajstić information content (AvgIpc) is 3.32. The highest BCUT2D eigenvalue weighted by molar-refractivity contribution is 6.30. The number of hydrogen-bond donors (Lipinski definition) is 1. The largest absolute Gasteiger partial charge is 0.491 e. The number of aromatic amines is 1. The van der Waals surface area contributed by atoms with Gasteiger partial charge in [-0.25, -0.2) is 0 Å². The summed E-state index contributed by atoms with van der Waals surface area (Å²) in [6.45, 7) is 4.86. The molecule has 0 aliphatic carbocycles. The van der Waals surface area contributed by atoms with Crippen LogP contribution >= 0.6 is 11.6 Å². The maximum absolute atomic E-state index is 13.3. The van der Waals surface area contributed by atoms with Crippen molar-refractivity contribution in [3.63, 3.8) is 0 Å². The van der Waals surface area contributed by atoms with Crippen LogP contribution in [-0.4, -0.2) is 65.7 Å². The molecular weight excluding hydrogens is 450 g/mol. The quantitative estimate of drug-likeness (QED) is 0.523. The van der Waals surface area contributed by atoms with Gasteiger partial charge in [-0.05, 0) is 72.7 Å². The van der Waals surface area contributed by atoms with E-state index < -0.39 is 5.60 Å². The maximum Gasteiger partial charge on any atom is 0.225 e. The Morgan fingerprint density at radius 2 is 1.88 bits per heavy atom. The average molecular weight is 482 g/mol. The Morgan fingerprint density at radius 3 is 2.71 bits per heavy atom. The number of nitrogens with zero attached hydrogens (tertiary/aromatic N) is 2. The van der Waals surface area contributed by atoms with Crippen molar-refractivity contribution in [1.29, 1.82) is 0 Å². The molecule has 2 aromatic carbocycles. The molecule has 0 radical (unpaired) electrons. The molecule has 2 aliphatic rings. The minimum Gasteiger partial charge on any atom is -0.491 e. The summed E-state index contributed by atoms with van der Waals surface area (Å²) in [6, 6.07) is 16.0. The van der Waals surface area contributed by atoms with Crippen molar-refractivity contribution in [3.05, 3.63) is 65.3 Å². The van der Waals surface area contributed by atoms with Crippen molar-refractivity contribution in [3.8, 4) is 5.75 Å². The topological polar surface area (TPSA) is 57.8 Å². The van der Waals surface area contributed by atoms with Gasteiger partial charge in [-0.2, -0.15) is 0 Å². The summed E-state index contributed by atoms with van der Waals surface area (Å²) < 4.78 is 12.5. The van der Waals surface area contributed by atoms with Crippen LogP contribution in [0.3, 0.4) is 0 Å². The lowest BCUT2D eigenvalue weighted by Crippen LogP contribution is -2.57. The number of likely N-dealkylation sites (tertiary alicyclic amines) is 1. The summed E-state index contributed by atoms with van der Waals surface area (Å²) in [5, 5.41) is 1.88. The first kappa shape index (κ1) is 23.2. The highest BCUT2D eigenvalue weighted by atomic mass is 35.5. The summed E-state index contributed by atoms with van der Waals surface area (Å²) in [7, 11) is 0. The molecule has 180 valence electrons. The Bertz CT molecular complexity index is 1110. The number of halogens is 1. The van der Waals surface area contributed by atoms with E-state index in [0.29, 0.717) is 31.2 Å². The van der Waals surface area contributed by atoms with Crippen LogP contribution < -0.4 is 4.74 Å². The predicted molar refractivity (Wildman–Crippen MR) is 134 cm³/mol. The second-order valence-corrected chi connectivity index (χ2v) is 9.94. The van der Waals surface area contributed by atoms with Crippen LogP contribution in [0, 0.1) is 0 Å². The molecule has 1 atom stereocenters. The monoisotopic (exact) mass is 481 g/mol. The third-order valence-corrected chi connectivity index (χ3v) is 7.10. The lowest BCUT2D eigenvalue weighted by molar-refractivity contribution is -0.157. The number of aromatic nitrogens is 1. The van der Waals surface area contributed by atoms with Crippen molar-refractivity contribution >= 4 is 28.4 Å². The number of carbonyl (C=O) groups is 1. The van der Waals surface area contributed by atoms with Crippen LogP contribution in [0.5, 0.6) is 5.75 Å². The number of morpholine rings is 1. The van der Waals surface area contributed by atoms with Gasteiger partial charge in [0, 0.05) is 49.5 Å². The molecule has 1 amide bonds. The van der Waals surface area contributed by atoms with Crippen molar-refractivity contribution in [1.82, 2.24) is 14.8 Å². The zero-order valence-corrected chi connectivity index (χ0v) is 20.2. The Hall–Kier alpha value is -2.54. The molecule has 0 unspecified atom stereocenters. The summed E-state index contributed by atoms with van der Waals surface area (Å²) in [5.74, 6) is 0.892. The van der Waals surface area contributed by atoms with Gasteiger partial charge in [-0.1, -0.05) is 17.7 Å². The van der Waals surface area contributed by atoms with Gasteiger partial charge in [0.1, 0.15) is 18.0 Å². The van der Waals surface area contributed by atoms with E-state index in [1.54, 1.807) is 0 Å². The molecule has 1 N–H and O–H groups in total. The molecular formula is C27H32ClN3O3. The van der Waals surface area contributed by atoms with Gasteiger partial charge < -0.3 is 19.4 Å². The van der Waals surface area contributed by atoms with E-state index in [-0.39, 0.29) is 5.91 Å². The molecule has 7 heteroatoms. The first-order valence-corrected chi connectivity index (χ1v) is 12.5. The fourth-order valence-corrected chi connectivity index (χ4v) is 5.17. The number of amides is 1. The van der Waals surface area contributed by atoms with Crippen LogP contribution in [0.15, 0.2) is 54.7 Å². The highest BCUT2D eigenvalue weighted by Crippen LogP contribution is 2.28. The SMILES string of the molecule is O=C(C[C@@]1(COc2ccc(Cl)cc2)CN(Cc2ccc3[nH]ccc3c2)CCO1)N1CCCCC1. The van der Waals surface area contributed by atoms with Crippen molar-refractivity contribution in [2.75, 3.05) is 39.4 Å². The normalized spacial score (nSPS) is 21.6. The fourth-order valence-electron chi connectivity index (χ4n) is 5.04.